The van der Waals surface area contributed by atoms with Crippen molar-refractivity contribution in [3.63, 3.8) is 0 Å². The van der Waals surface area contributed by atoms with Crippen LogP contribution in [0.25, 0.3) is 10.8 Å². The molecule has 0 unspecified atom stereocenters. The fourth-order valence-corrected chi connectivity index (χ4v) is 2.76. The molecule has 0 heterocycles. The van der Waals surface area contributed by atoms with Crippen LogP contribution in [-0.4, -0.2) is 7.11 Å². The monoisotopic (exact) mass is 322 g/mol. The summed E-state index contributed by atoms with van der Waals surface area (Å²) in [4.78, 5) is 11.0. The SMILES string of the molecule is CCCc1cccc2cc(OOc3cc(OC)ccc3C)ccc12. The lowest BCUT2D eigenvalue weighted by molar-refractivity contribution is -0.100. The molecule has 24 heavy (non-hydrogen) atoms. The average Bonchev–Trinajstić information content (AvgIpc) is 2.61. The largest absolute Gasteiger partial charge is 0.497 e. The molecular weight excluding hydrogens is 300 g/mol. The Kier molecular flexibility index (Phi) is 4.90. The smallest absolute Gasteiger partial charge is 0.185 e. The van der Waals surface area contributed by atoms with Gasteiger partial charge in [-0.1, -0.05) is 43.7 Å². The van der Waals surface area contributed by atoms with Crippen LogP contribution in [0.4, 0.5) is 0 Å². The summed E-state index contributed by atoms with van der Waals surface area (Å²) in [6.45, 7) is 4.16. The van der Waals surface area contributed by atoms with Gasteiger partial charge in [0.1, 0.15) is 5.75 Å². The molecule has 0 bridgehead atoms. The second-order valence-corrected chi connectivity index (χ2v) is 5.85. The molecule has 0 fully saturated rings. The van der Waals surface area contributed by atoms with Gasteiger partial charge in [-0.2, -0.15) is 0 Å². The molecule has 0 saturated heterocycles. The van der Waals surface area contributed by atoms with Gasteiger partial charge in [-0.05, 0) is 53.4 Å². The average molecular weight is 322 g/mol. The number of ether oxygens (including phenoxy) is 1. The standard InChI is InChI=1S/C21H22O3/c1-4-6-16-7-5-8-17-13-19(11-12-20(16)17)23-24-21-14-18(22-3)10-9-15(21)2/h5,7-14H,4,6H2,1-3H3. The maximum absolute atomic E-state index is 5.52. The maximum Gasteiger partial charge on any atom is 0.185 e. The molecule has 0 radical (unpaired) electrons. The Hall–Kier alpha value is -2.68. The molecule has 3 aromatic rings. The van der Waals surface area contributed by atoms with E-state index in [0.717, 1.165) is 29.5 Å². The Morgan fingerprint density at radius 2 is 1.71 bits per heavy atom. The Labute approximate surface area is 142 Å². The third kappa shape index (κ3) is 3.46. The number of methoxy groups -OCH3 is 1. The molecule has 3 rings (SSSR count). The van der Waals surface area contributed by atoms with Crippen LogP contribution < -0.4 is 14.5 Å². The van der Waals surface area contributed by atoms with E-state index in [9.17, 15) is 0 Å². The van der Waals surface area contributed by atoms with Crippen LogP contribution in [0.3, 0.4) is 0 Å². The summed E-state index contributed by atoms with van der Waals surface area (Å²) >= 11 is 0. The van der Waals surface area contributed by atoms with Crippen LogP contribution >= 0.6 is 0 Å². The first kappa shape index (κ1) is 16.2. The number of benzene rings is 3. The van der Waals surface area contributed by atoms with E-state index in [-0.39, 0.29) is 0 Å². The molecule has 0 spiro atoms. The van der Waals surface area contributed by atoms with Gasteiger partial charge in [0.25, 0.3) is 0 Å². The highest BCUT2D eigenvalue weighted by molar-refractivity contribution is 5.87. The Bertz CT molecular complexity index is 840. The van der Waals surface area contributed by atoms with Crippen LogP contribution in [0.2, 0.25) is 0 Å². The van der Waals surface area contributed by atoms with Gasteiger partial charge < -0.3 is 4.74 Å². The zero-order chi connectivity index (χ0) is 16.9. The Morgan fingerprint density at radius 3 is 2.50 bits per heavy atom. The van der Waals surface area contributed by atoms with Gasteiger partial charge in [0.05, 0.1) is 7.11 Å². The fraction of sp³-hybridized carbons (Fsp3) is 0.238. The van der Waals surface area contributed by atoms with E-state index in [1.54, 1.807) is 7.11 Å². The maximum atomic E-state index is 5.52. The van der Waals surface area contributed by atoms with Crippen LogP contribution in [-0.2, 0) is 6.42 Å². The van der Waals surface area contributed by atoms with E-state index in [2.05, 4.69) is 31.2 Å². The van der Waals surface area contributed by atoms with E-state index in [1.807, 2.05) is 37.3 Å². The molecule has 0 atom stereocenters. The number of fused-ring (bicyclic) bond motifs is 1. The highest BCUT2D eigenvalue weighted by Gasteiger charge is 2.06. The molecule has 3 heteroatoms. The topological polar surface area (TPSA) is 27.7 Å². The van der Waals surface area contributed by atoms with Crippen molar-refractivity contribution in [3.8, 4) is 17.2 Å². The molecule has 124 valence electrons. The van der Waals surface area contributed by atoms with Crippen molar-refractivity contribution in [1.29, 1.82) is 0 Å². The summed E-state index contributed by atoms with van der Waals surface area (Å²) in [5.41, 5.74) is 2.35. The molecule has 0 saturated carbocycles. The number of hydrogen-bond acceptors (Lipinski definition) is 3. The molecule has 0 amide bonds. The third-order valence-corrected chi connectivity index (χ3v) is 4.08. The normalized spacial score (nSPS) is 10.6. The zero-order valence-corrected chi connectivity index (χ0v) is 14.3. The molecule has 0 aromatic heterocycles. The van der Waals surface area contributed by atoms with E-state index in [4.69, 9.17) is 14.5 Å². The predicted molar refractivity (Wildman–Crippen MR) is 96.9 cm³/mol. The van der Waals surface area contributed by atoms with Gasteiger partial charge in [-0.15, -0.1) is 0 Å². The van der Waals surface area contributed by atoms with Crippen LogP contribution in [0.15, 0.2) is 54.6 Å². The summed E-state index contributed by atoms with van der Waals surface area (Å²) in [6.07, 6.45) is 2.21. The van der Waals surface area contributed by atoms with Crippen molar-refractivity contribution in [2.75, 3.05) is 7.11 Å². The van der Waals surface area contributed by atoms with Crippen molar-refractivity contribution < 1.29 is 14.5 Å². The molecule has 0 N–H and O–H groups in total. The third-order valence-electron chi connectivity index (χ3n) is 4.08. The quantitative estimate of drug-likeness (QED) is 0.444. The molecule has 0 aliphatic carbocycles. The number of aryl methyl sites for hydroxylation is 2. The molecule has 0 aliphatic rings. The Morgan fingerprint density at radius 1 is 0.875 bits per heavy atom. The first-order valence-corrected chi connectivity index (χ1v) is 8.22. The molecule has 3 aromatic carbocycles. The summed E-state index contributed by atoms with van der Waals surface area (Å²) < 4.78 is 5.22. The summed E-state index contributed by atoms with van der Waals surface area (Å²) in [5, 5.41) is 2.42. The van der Waals surface area contributed by atoms with Gasteiger partial charge in [0, 0.05) is 6.07 Å². The van der Waals surface area contributed by atoms with Gasteiger partial charge in [0.2, 0.25) is 0 Å². The highest BCUT2D eigenvalue weighted by Crippen LogP contribution is 2.27. The minimum atomic E-state index is 0.647. The van der Waals surface area contributed by atoms with Gasteiger partial charge >= 0.3 is 0 Å². The highest BCUT2D eigenvalue weighted by atomic mass is 17.2. The van der Waals surface area contributed by atoms with Gasteiger partial charge in [0.15, 0.2) is 11.5 Å². The van der Waals surface area contributed by atoms with Crippen molar-refractivity contribution in [1.82, 2.24) is 0 Å². The van der Waals surface area contributed by atoms with Crippen LogP contribution in [0, 0.1) is 6.92 Å². The van der Waals surface area contributed by atoms with E-state index < -0.39 is 0 Å². The molecule has 3 nitrogen and oxygen atoms in total. The predicted octanol–water partition coefficient (Wildman–Crippen LogP) is 5.48. The minimum Gasteiger partial charge on any atom is -0.497 e. The Balaban J connectivity index is 1.81. The van der Waals surface area contributed by atoms with Gasteiger partial charge in [-0.25, -0.2) is 0 Å². The summed E-state index contributed by atoms with van der Waals surface area (Å²) in [6, 6.07) is 18.1. The van der Waals surface area contributed by atoms with E-state index in [0.29, 0.717) is 11.5 Å². The minimum absolute atomic E-state index is 0.647. The summed E-state index contributed by atoms with van der Waals surface area (Å²) in [7, 11) is 1.63. The van der Waals surface area contributed by atoms with Crippen molar-refractivity contribution in [3.05, 3.63) is 65.7 Å². The molecular formula is C21H22O3. The zero-order valence-electron chi connectivity index (χ0n) is 14.3. The fourth-order valence-electron chi connectivity index (χ4n) is 2.76. The van der Waals surface area contributed by atoms with Crippen LogP contribution in [0.5, 0.6) is 17.2 Å². The lowest BCUT2D eigenvalue weighted by Crippen LogP contribution is -2.02. The van der Waals surface area contributed by atoms with Crippen molar-refractivity contribution in [2.45, 2.75) is 26.7 Å². The lowest BCUT2D eigenvalue weighted by atomic mass is 10.0. The summed E-state index contributed by atoms with van der Waals surface area (Å²) in [5.74, 6) is 2.06. The molecule has 0 aliphatic heterocycles. The first-order valence-electron chi connectivity index (χ1n) is 8.22. The second kappa shape index (κ2) is 7.26. The number of rotatable bonds is 6. The van der Waals surface area contributed by atoms with Crippen molar-refractivity contribution >= 4 is 10.8 Å². The first-order chi connectivity index (χ1) is 11.7. The van der Waals surface area contributed by atoms with E-state index in [1.165, 1.54) is 10.9 Å². The van der Waals surface area contributed by atoms with Crippen LogP contribution in [0.1, 0.15) is 24.5 Å². The van der Waals surface area contributed by atoms with E-state index >= 15 is 0 Å². The number of hydrogen-bond donors (Lipinski definition) is 0. The van der Waals surface area contributed by atoms with Gasteiger partial charge in [-0.3, -0.25) is 9.78 Å². The second-order valence-electron chi connectivity index (χ2n) is 5.85. The lowest BCUT2D eigenvalue weighted by Gasteiger charge is -2.11. The van der Waals surface area contributed by atoms with Crippen molar-refractivity contribution in [2.24, 2.45) is 0 Å².